The summed E-state index contributed by atoms with van der Waals surface area (Å²) in [5.41, 5.74) is -0.0263. The lowest BCUT2D eigenvalue weighted by Crippen LogP contribution is -2.34. The quantitative estimate of drug-likeness (QED) is 0.831. The maximum absolute atomic E-state index is 10.7. The number of carbonyl (C=O) groups is 1. The maximum Gasteiger partial charge on any atom is 0.356 e. The molecule has 2 heterocycles. The number of hydrogen-bond donors (Lipinski definition) is 2. The average molecular weight is 265 g/mol. The number of rotatable bonds is 5. The lowest BCUT2D eigenvalue weighted by Gasteiger charge is -2.32. The Labute approximate surface area is 112 Å². The molecule has 104 valence electrons. The Morgan fingerprint density at radius 3 is 2.58 bits per heavy atom. The fourth-order valence-electron chi connectivity index (χ4n) is 2.44. The molecule has 2 N–H and O–H groups in total. The number of aliphatic hydroxyl groups excluding tert-OH is 1. The van der Waals surface area contributed by atoms with Crippen molar-refractivity contribution in [3.63, 3.8) is 0 Å². The number of hydrogen-bond acceptors (Lipinski definition) is 5. The highest BCUT2D eigenvalue weighted by molar-refractivity contribution is 5.85. The second-order valence-corrected chi connectivity index (χ2v) is 4.88. The van der Waals surface area contributed by atoms with Gasteiger partial charge >= 0.3 is 5.97 Å². The first-order valence-electron chi connectivity index (χ1n) is 6.63. The molecule has 6 heteroatoms. The minimum Gasteiger partial charge on any atom is -0.476 e. The molecule has 1 aliphatic rings. The summed E-state index contributed by atoms with van der Waals surface area (Å²) in [7, 11) is 0. The summed E-state index contributed by atoms with van der Waals surface area (Å²) in [4.78, 5) is 12.8. The van der Waals surface area contributed by atoms with Crippen LogP contribution in [0.15, 0.2) is 12.1 Å². The summed E-state index contributed by atoms with van der Waals surface area (Å²) in [6.07, 6.45) is 4.12. The number of aromatic carboxylic acids is 1. The van der Waals surface area contributed by atoms with Gasteiger partial charge in [0, 0.05) is 19.7 Å². The molecule has 0 amide bonds. The predicted molar refractivity (Wildman–Crippen MR) is 70.2 cm³/mol. The fourth-order valence-corrected chi connectivity index (χ4v) is 2.44. The second-order valence-electron chi connectivity index (χ2n) is 4.88. The number of aromatic nitrogens is 2. The van der Waals surface area contributed by atoms with Crippen LogP contribution in [-0.4, -0.2) is 46.1 Å². The van der Waals surface area contributed by atoms with Gasteiger partial charge in [0.2, 0.25) is 0 Å². The topological polar surface area (TPSA) is 86.5 Å². The molecule has 1 aromatic rings. The van der Waals surface area contributed by atoms with Crippen LogP contribution >= 0.6 is 0 Å². The zero-order valence-electron chi connectivity index (χ0n) is 10.8. The monoisotopic (exact) mass is 265 g/mol. The first-order chi connectivity index (χ1) is 9.20. The summed E-state index contributed by atoms with van der Waals surface area (Å²) >= 11 is 0. The lowest BCUT2D eigenvalue weighted by molar-refractivity contribution is 0.0689. The van der Waals surface area contributed by atoms with E-state index in [9.17, 15) is 4.79 Å². The summed E-state index contributed by atoms with van der Waals surface area (Å²) in [6.45, 7) is 2.09. The van der Waals surface area contributed by atoms with Gasteiger partial charge in [-0.25, -0.2) is 4.79 Å². The normalized spacial score (nSPS) is 16.6. The van der Waals surface area contributed by atoms with Crippen molar-refractivity contribution in [3.8, 4) is 0 Å². The Morgan fingerprint density at radius 1 is 1.32 bits per heavy atom. The van der Waals surface area contributed by atoms with Crippen molar-refractivity contribution in [2.75, 3.05) is 24.6 Å². The van der Waals surface area contributed by atoms with Gasteiger partial charge in [-0.15, -0.1) is 10.2 Å². The average Bonchev–Trinajstić information content (AvgIpc) is 2.46. The molecule has 0 bridgehead atoms. The van der Waals surface area contributed by atoms with Crippen LogP contribution < -0.4 is 4.90 Å². The molecule has 0 aromatic carbocycles. The van der Waals surface area contributed by atoms with E-state index in [-0.39, 0.29) is 12.3 Å². The molecule has 1 aromatic heterocycles. The van der Waals surface area contributed by atoms with Crippen molar-refractivity contribution in [1.29, 1.82) is 0 Å². The second kappa shape index (κ2) is 6.47. The van der Waals surface area contributed by atoms with Crippen LogP contribution in [0, 0.1) is 5.92 Å². The zero-order chi connectivity index (χ0) is 13.7. The Kier molecular flexibility index (Phi) is 4.68. The van der Waals surface area contributed by atoms with Crippen LogP contribution in [0.1, 0.15) is 36.2 Å². The summed E-state index contributed by atoms with van der Waals surface area (Å²) < 4.78 is 0. The third-order valence-electron chi connectivity index (χ3n) is 3.58. The van der Waals surface area contributed by atoms with Crippen LogP contribution in [0.25, 0.3) is 0 Å². The highest BCUT2D eigenvalue weighted by Gasteiger charge is 2.20. The largest absolute Gasteiger partial charge is 0.476 e. The standard InChI is InChI=1S/C13H19N3O3/c17-9-1-2-10-5-7-16(8-6-10)12-4-3-11(13(18)19)14-15-12/h3-4,10,17H,1-2,5-9H2,(H,18,19). The Bertz CT molecular complexity index is 414. The van der Waals surface area contributed by atoms with Crippen molar-refractivity contribution < 1.29 is 15.0 Å². The van der Waals surface area contributed by atoms with E-state index in [1.165, 1.54) is 6.07 Å². The third kappa shape index (κ3) is 3.64. The predicted octanol–water partition coefficient (Wildman–Crippen LogP) is 1.16. The highest BCUT2D eigenvalue weighted by Crippen LogP contribution is 2.24. The Morgan fingerprint density at radius 2 is 2.05 bits per heavy atom. The number of piperidine rings is 1. The number of carboxylic acids is 1. The van der Waals surface area contributed by atoms with E-state index in [0.29, 0.717) is 5.92 Å². The van der Waals surface area contributed by atoms with Gasteiger partial charge in [-0.2, -0.15) is 0 Å². The summed E-state index contributed by atoms with van der Waals surface area (Å²) in [5.74, 6) is 0.363. The van der Waals surface area contributed by atoms with Crippen molar-refractivity contribution in [1.82, 2.24) is 10.2 Å². The van der Waals surface area contributed by atoms with Crippen molar-refractivity contribution in [3.05, 3.63) is 17.8 Å². The van der Waals surface area contributed by atoms with Crippen molar-refractivity contribution in [2.24, 2.45) is 5.92 Å². The summed E-state index contributed by atoms with van der Waals surface area (Å²) in [5, 5.41) is 25.3. The van der Waals surface area contributed by atoms with Gasteiger partial charge in [0.25, 0.3) is 0 Å². The van der Waals surface area contributed by atoms with Gasteiger partial charge in [0.15, 0.2) is 11.5 Å². The molecule has 2 rings (SSSR count). The van der Waals surface area contributed by atoms with Gasteiger partial charge < -0.3 is 15.1 Å². The SMILES string of the molecule is O=C(O)c1ccc(N2CCC(CCCO)CC2)nn1. The van der Waals surface area contributed by atoms with Gasteiger partial charge in [-0.3, -0.25) is 0 Å². The number of anilines is 1. The van der Waals surface area contributed by atoms with Crippen molar-refractivity contribution in [2.45, 2.75) is 25.7 Å². The zero-order valence-corrected chi connectivity index (χ0v) is 10.8. The molecular weight excluding hydrogens is 246 g/mol. The fraction of sp³-hybridized carbons (Fsp3) is 0.615. The van der Waals surface area contributed by atoms with Gasteiger partial charge in [0.05, 0.1) is 0 Å². The first kappa shape index (κ1) is 13.7. The van der Waals surface area contributed by atoms with Gasteiger partial charge in [0.1, 0.15) is 0 Å². The third-order valence-corrected chi connectivity index (χ3v) is 3.58. The molecule has 1 aliphatic heterocycles. The minimum absolute atomic E-state index is 0.0263. The lowest BCUT2D eigenvalue weighted by atomic mass is 9.92. The van der Waals surface area contributed by atoms with Crippen molar-refractivity contribution >= 4 is 11.8 Å². The van der Waals surface area contributed by atoms with Gasteiger partial charge in [-0.05, 0) is 43.7 Å². The molecule has 1 saturated heterocycles. The minimum atomic E-state index is -1.05. The maximum atomic E-state index is 10.7. The van der Waals surface area contributed by atoms with Crippen LogP contribution in [0.2, 0.25) is 0 Å². The molecule has 0 radical (unpaired) electrons. The van der Waals surface area contributed by atoms with E-state index in [0.717, 1.165) is 44.6 Å². The summed E-state index contributed by atoms with van der Waals surface area (Å²) in [6, 6.07) is 3.20. The van der Waals surface area contributed by atoms with Crippen LogP contribution in [0.4, 0.5) is 5.82 Å². The molecule has 19 heavy (non-hydrogen) atoms. The van der Waals surface area contributed by atoms with Crippen LogP contribution in [0.3, 0.4) is 0 Å². The Balaban J connectivity index is 1.88. The first-order valence-corrected chi connectivity index (χ1v) is 6.63. The molecular formula is C13H19N3O3. The number of nitrogens with zero attached hydrogens (tertiary/aromatic N) is 3. The number of aliphatic hydroxyl groups is 1. The Hall–Kier alpha value is -1.69. The molecule has 6 nitrogen and oxygen atoms in total. The number of carboxylic acid groups (broad SMARTS) is 1. The highest BCUT2D eigenvalue weighted by atomic mass is 16.4. The molecule has 0 spiro atoms. The van der Waals surface area contributed by atoms with E-state index in [1.807, 2.05) is 0 Å². The molecule has 0 aliphatic carbocycles. The van der Waals surface area contributed by atoms with E-state index in [1.54, 1.807) is 6.07 Å². The molecule has 0 unspecified atom stereocenters. The van der Waals surface area contributed by atoms with Crippen LogP contribution in [0.5, 0.6) is 0 Å². The molecule has 0 atom stereocenters. The van der Waals surface area contributed by atoms with Crippen LogP contribution in [-0.2, 0) is 0 Å². The molecule has 1 fully saturated rings. The van der Waals surface area contributed by atoms with E-state index in [4.69, 9.17) is 10.2 Å². The van der Waals surface area contributed by atoms with Gasteiger partial charge in [-0.1, -0.05) is 0 Å². The molecule has 0 saturated carbocycles. The van der Waals surface area contributed by atoms with E-state index in [2.05, 4.69) is 15.1 Å². The van der Waals surface area contributed by atoms with E-state index >= 15 is 0 Å². The smallest absolute Gasteiger partial charge is 0.356 e. The van der Waals surface area contributed by atoms with E-state index < -0.39 is 5.97 Å².